The molecule has 1 amide bonds. The minimum atomic E-state index is -0.106. The summed E-state index contributed by atoms with van der Waals surface area (Å²) in [4.78, 5) is 14.0. The van der Waals surface area contributed by atoms with E-state index in [4.69, 9.17) is 0 Å². The molecule has 0 aliphatic carbocycles. The molecule has 0 unspecified atom stereocenters. The highest BCUT2D eigenvalue weighted by atomic mass is 79.9. The maximum Gasteiger partial charge on any atom is 0.270 e. The molecule has 0 fully saturated rings. The number of nitrogens with zero attached hydrogens (tertiary/aromatic N) is 3. The zero-order chi connectivity index (χ0) is 10.8. The first kappa shape index (κ1) is 10.3. The number of halogens is 1. The molecule has 1 N–H and O–H groups in total. The van der Waals surface area contributed by atoms with E-state index in [0.29, 0.717) is 9.35 Å². The van der Waals surface area contributed by atoms with Gasteiger partial charge >= 0.3 is 0 Å². The molecule has 0 aliphatic rings. The number of rotatable bonds is 2. The molecule has 5 nitrogen and oxygen atoms in total. The van der Waals surface area contributed by atoms with Crippen LogP contribution < -0.4 is 4.90 Å². The first-order chi connectivity index (χ1) is 7.20. The highest BCUT2D eigenvalue weighted by Gasteiger charge is 2.18. The zero-order valence-corrected chi connectivity index (χ0v) is 10.2. The van der Waals surface area contributed by atoms with Gasteiger partial charge in [-0.1, -0.05) is 0 Å². The van der Waals surface area contributed by atoms with Crippen molar-refractivity contribution in [3.63, 3.8) is 0 Å². The van der Waals surface area contributed by atoms with Crippen molar-refractivity contribution in [3.05, 3.63) is 27.9 Å². The lowest BCUT2D eigenvalue weighted by atomic mass is 10.4. The highest BCUT2D eigenvalue weighted by Crippen LogP contribution is 2.23. The Labute approximate surface area is 98.4 Å². The van der Waals surface area contributed by atoms with Crippen LogP contribution in [0.1, 0.15) is 9.67 Å². The van der Waals surface area contributed by atoms with Crippen LogP contribution in [0.3, 0.4) is 0 Å². The SMILES string of the molecule is CN(C(=O)c1sncc1Br)c1cn[nH]c1. The van der Waals surface area contributed by atoms with Gasteiger partial charge in [0, 0.05) is 13.2 Å². The number of H-pyrrole nitrogens is 1. The van der Waals surface area contributed by atoms with Crippen molar-refractivity contribution in [1.82, 2.24) is 14.6 Å². The van der Waals surface area contributed by atoms with E-state index in [1.807, 2.05) is 0 Å². The Hall–Kier alpha value is -1.21. The summed E-state index contributed by atoms with van der Waals surface area (Å²) in [5, 5.41) is 6.44. The monoisotopic (exact) mass is 286 g/mol. The molecule has 78 valence electrons. The Morgan fingerprint density at radius 3 is 2.93 bits per heavy atom. The minimum absolute atomic E-state index is 0.106. The quantitative estimate of drug-likeness (QED) is 0.917. The first-order valence-corrected chi connectivity index (χ1v) is 5.64. The van der Waals surface area contributed by atoms with Crippen LogP contribution in [0.15, 0.2) is 23.1 Å². The zero-order valence-electron chi connectivity index (χ0n) is 7.77. The lowest BCUT2D eigenvalue weighted by Crippen LogP contribution is -2.25. The molecule has 0 bridgehead atoms. The van der Waals surface area contributed by atoms with Crippen molar-refractivity contribution in [2.45, 2.75) is 0 Å². The lowest BCUT2D eigenvalue weighted by Gasteiger charge is -2.13. The summed E-state index contributed by atoms with van der Waals surface area (Å²) in [6.45, 7) is 0. The third-order valence-electron chi connectivity index (χ3n) is 1.90. The van der Waals surface area contributed by atoms with E-state index in [9.17, 15) is 4.79 Å². The Balaban J connectivity index is 2.26. The molecule has 2 heterocycles. The highest BCUT2D eigenvalue weighted by molar-refractivity contribution is 9.10. The molecule has 2 rings (SSSR count). The Morgan fingerprint density at radius 2 is 2.40 bits per heavy atom. The fourth-order valence-electron chi connectivity index (χ4n) is 1.07. The Morgan fingerprint density at radius 1 is 1.60 bits per heavy atom. The number of nitrogens with one attached hydrogen (secondary N) is 1. The van der Waals surface area contributed by atoms with Gasteiger partial charge in [0.2, 0.25) is 0 Å². The summed E-state index contributed by atoms with van der Waals surface area (Å²) < 4.78 is 4.65. The van der Waals surface area contributed by atoms with Crippen molar-refractivity contribution in [2.75, 3.05) is 11.9 Å². The van der Waals surface area contributed by atoms with Crippen LogP contribution in [0, 0.1) is 0 Å². The van der Waals surface area contributed by atoms with Gasteiger partial charge in [-0.25, -0.2) is 0 Å². The van der Waals surface area contributed by atoms with Crippen LogP contribution in [0.4, 0.5) is 5.69 Å². The van der Waals surface area contributed by atoms with Gasteiger partial charge in [0.15, 0.2) is 0 Å². The second-order valence-electron chi connectivity index (χ2n) is 2.82. The normalized spacial score (nSPS) is 10.3. The summed E-state index contributed by atoms with van der Waals surface area (Å²) in [5.74, 6) is -0.106. The van der Waals surface area contributed by atoms with Crippen LogP contribution in [-0.2, 0) is 0 Å². The van der Waals surface area contributed by atoms with Crippen LogP contribution in [0.2, 0.25) is 0 Å². The predicted molar refractivity (Wildman–Crippen MR) is 61.1 cm³/mol. The van der Waals surface area contributed by atoms with E-state index in [0.717, 1.165) is 17.2 Å². The third-order valence-corrected chi connectivity index (χ3v) is 3.55. The molecule has 0 saturated carbocycles. The van der Waals surface area contributed by atoms with Crippen molar-refractivity contribution < 1.29 is 4.79 Å². The van der Waals surface area contributed by atoms with Gasteiger partial charge < -0.3 is 4.90 Å². The minimum Gasteiger partial charge on any atom is -0.308 e. The molecule has 0 spiro atoms. The predicted octanol–water partition coefficient (Wildman–Crippen LogP) is 1.91. The number of amides is 1. The molecule has 15 heavy (non-hydrogen) atoms. The average molecular weight is 287 g/mol. The number of aromatic nitrogens is 3. The number of hydrogen-bond donors (Lipinski definition) is 1. The van der Waals surface area contributed by atoms with Crippen molar-refractivity contribution in [2.24, 2.45) is 0 Å². The maximum absolute atomic E-state index is 11.9. The molecule has 2 aromatic rings. The molecule has 0 aromatic carbocycles. The summed E-state index contributed by atoms with van der Waals surface area (Å²) in [6, 6.07) is 0. The van der Waals surface area contributed by atoms with Crippen LogP contribution in [0.5, 0.6) is 0 Å². The first-order valence-electron chi connectivity index (χ1n) is 4.07. The smallest absolute Gasteiger partial charge is 0.270 e. The maximum atomic E-state index is 11.9. The van der Waals surface area contributed by atoms with Crippen LogP contribution >= 0.6 is 27.5 Å². The van der Waals surface area contributed by atoms with Gasteiger partial charge in [-0.3, -0.25) is 9.89 Å². The largest absolute Gasteiger partial charge is 0.308 e. The van der Waals surface area contributed by atoms with Crippen LogP contribution in [0.25, 0.3) is 0 Å². The number of carbonyl (C=O) groups excluding carboxylic acids is 1. The second-order valence-corrected chi connectivity index (χ2v) is 4.48. The molecule has 7 heteroatoms. The Kier molecular flexibility index (Phi) is 2.83. The van der Waals surface area contributed by atoms with Crippen molar-refractivity contribution >= 4 is 39.1 Å². The average Bonchev–Trinajstić information content (AvgIpc) is 2.85. The van der Waals surface area contributed by atoms with E-state index in [-0.39, 0.29) is 5.91 Å². The van der Waals surface area contributed by atoms with Gasteiger partial charge in [-0.05, 0) is 27.5 Å². The van der Waals surface area contributed by atoms with Gasteiger partial charge in [-0.2, -0.15) is 9.47 Å². The molecular weight excluding hydrogens is 280 g/mol. The molecule has 0 saturated heterocycles. The molecule has 0 aliphatic heterocycles. The van der Waals surface area contributed by atoms with E-state index in [2.05, 4.69) is 30.5 Å². The number of hydrogen-bond acceptors (Lipinski definition) is 4. The van der Waals surface area contributed by atoms with E-state index >= 15 is 0 Å². The summed E-state index contributed by atoms with van der Waals surface area (Å²) in [5.41, 5.74) is 0.723. The van der Waals surface area contributed by atoms with Gasteiger partial charge in [0.1, 0.15) is 4.88 Å². The standard InChI is InChI=1S/C8H7BrN4OS/c1-13(5-2-10-11-3-5)8(14)7-6(9)4-12-15-7/h2-4H,1H3,(H,10,11). The molecular formula is C8H7BrN4OS. The van der Waals surface area contributed by atoms with Crippen molar-refractivity contribution in [3.8, 4) is 0 Å². The topological polar surface area (TPSA) is 61.9 Å². The van der Waals surface area contributed by atoms with Crippen molar-refractivity contribution in [1.29, 1.82) is 0 Å². The number of aromatic amines is 1. The van der Waals surface area contributed by atoms with Gasteiger partial charge in [0.25, 0.3) is 5.91 Å². The lowest BCUT2D eigenvalue weighted by molar-refractivity contribution is 0.0996. The van der Waals surface area contributed by atoms with Gasteiger partial charge in [0.05, 0.1) is 22.6 Å². The number of anilines is 1. The second kappa shape index (κ2) is 4.11. The van der Waals surface area contributed by atoms with Gasteiger partial charge in [-0.15, -0.1) is 0 Å². The number of carbonyl (C=O) groups is 1. The van der Waals surface area contributed by atoms with E-state index in [1.54, 1.807) is 25.6 Å². The van der Waals surface area contributed by atoms with E-state index in [1.165, 1.54) is 4.90 Å². The molecule has 2 aromatic heterocycles. The molecule has 0 radical (unpaired) electrons. The fraction of sp³-hybridized carbons (Fsp3) is 0.125. The summed E-state index contributed by atoms with van der Waals surface area (Å²) in [6.07, 6.45) is 4.86. The summed E-state index contributed by atoms with van der Waals surface area (Å²) in [7, 11) is 1.69. The summed E-state index contributed by atoms with van der Waals surface area (Å²) >= 11 is 4.44. The molecule has 0 atom stereocenters. The fourth-order valence-corrected chi connectivity index (χ4v) is 2.31. The Bertz CT molecular complexity index is 467. The third kappa shape index (κ3) is 1.93. The van der Waals surface area contributed by atoms with E-state index < -0.39 is 0 Å². The van der Waals surface area contributed by atoms with Crippen LogP contribution in [-0.4, -0.2) is 27.5 Å².